The van der Waals surface area contributed by atoms with E-state index in [1.54, 1.807) is 0 Å². The fraction of sp³-hybridized carbons (Fsp3) is 0.833. The van der Waals surface area contributed by atoms with Crippen LogP contribution in [0.25, 0.3) is 0 Å². The van der Waals surface area contributed by atoms with Crippen LogP contribution in [0.3, 0.4) is 0 Å². The summed E-state index contributed by atoms with van der Waals surface area (Å²) in [7, 11) is -1.51. The lowest BCUT2D eigenvalue weighted by Gasteiger charge is -2.32. The Kier molecular flexibility index (Phi) is 6.93. The summed E-state index contributed by atoms with van der Waals surface area (Å²) in [6.07, 6.45) is 3.70. The van der Waals surface area contributed by atoms with Crippen molar-refractivity contribution in [2.45, 2.75) is 97.1 Å². The fourth-order valence-electron chi connectivity index (χ4n) is 2.75. The third kappa shape index (κ3) is 6.37. The zero-order valence-electron chi connectivity index (χ0n) is 16.9. The Morgan fingerprint density at radius 1 is 1.17 bits per heavy atom. The highest BCUT2D eigenvalue weighted by Crippen LogP contribution is 2.42. The molecule has 0 N–H and O–H groups in total. The van der Waals surface area contributed by atoms with Crippen molar-refractivity contribution in [2.24, 2.45) is 0 Å². The first-order chi connectivity index (χ1) is 10.7. The predicted octanol–water partition coefficient (Wildman–Crippen LogP) is 4.61. The first-order valence-electron chi connectivity index (χ1n) is 8.94. The summed E-state index contributed by atoms with van der Waals surface area (Å²) in [4.78, 5) is 11.2. The quantitative estimate of drug-likeness (QED) is 0.494. The molecule has 4 nitrogen and oxygen atoms in total. The van der Waals surface area contributed by atoms with Crippen LogP contribution in [0.5, 0.6) is 0 Å². The van der Waals surface area contributed by atoms with E-state index in [-0.39, 0.29) is 36.2 Å². The molecule has 2 atom stereocenters. The van der Waals surface area contributed by atoms with E-state index in [4.69, 9.17) is 14.0 Å². The molecule has 0 aromatic carbocycles. The second-order valence-corrected chi connectivity index (χ2v) is 14.1. The second kappa shape index (κ2) is 7.75. The van der Waals surface area contributed by atoms with Crippen LogP contribution in [-0.2, 0) is 18.8 Å². The summed E-state index contributed by atoms with van der Waals surface area (Å²) in [5, 5.41) is 0. The molecule has 0 saturated carbocycles. The Morgan fingerprint density at radius 2 is 1.67 bits per heavy atom. The zero-order valence-corrected chi connectivity index (χ0v) is 17.9. The van der Waals surface area contributed by atoms with Crippen LogP contribution in [0.4, 0.5) is 0 Å². The van der Waals surface area contributed by atoms with E-state index < -0.39 is 8.07 Å². The highest BCUT2D eigenvalue weighted by molar-refractivity contribution is 6.80. The monoisotopic (exact) mass is 354 g/mol. The second-order valence-electron chi connectivity index (χ2n) is 9.04. The highest BCUT2D eigenvalue weighted by atomic mass is 28.3. The molecule has 24 heavy (non-hydrogen) atoms. The summed E-state index contributed by atoms with van der Waals surface area (Å²) in [6, 6.07) is 0. The molecule has 0 unspecified atom stereocenters. The Bertz CT molecular complexity index is 452. The van der Waals surface area contributed by atoms with Gasteiger partial charge in [-0.15, -0.1) is 0 Å². The molecule has 0 aromatic heterocycles. The first kappa shape index (κ1) is 21.5. The standard InChI is InChI=1S/C18H35BO4Si/c1-14(21-15(2)20)13-16(11-10-12-24(7,8)9)19-22-17(3,4)18(5,6)23-19/h10,12,14,16H,11,13H2,1-9H3/b12-10+/t14-,16+/m1/s1. The highest BCUT2D eigenvalue weighted by Gasteiger charge is 2.53. The molecule has 0 spiro atoms. The van der Waals surface area contributed by atoms with E-state index in [0.717, 1.165) is 12.8 Å². The van der Waals surface area contributed by atoms with Gasteiger partial charge in [0, 0.05) is 12.7 Å². The van der Waals surface area contributed by atoms with E-state index in [2.05, 4.69) is 59.1 Å². The topological polar surface area (TPSA) is 44.8 Å². The minimum atomic E-state index is -1.23. The molecule has 1 aliphatic rings. The lowest BCUT2D eigenvalue weighted by molar-refractivity contribution is -0.145. The van der Waals surface area contributed by atoms with Gasteiger partial charge in [0.05, 0.1) is 25.4 Å². The molecule has 6 heteroatoms. The van der Waals surface area contributed by atoms with Gasteiger partial charge in [-0.25, -0.2) is 0 Å². The summed E-state index contributed by atoms with van der Waals surface area (Å²) in [5.74, 6) is -0.0826. The Hall–Kier alpha value is -0.588. The largest absolute Gasteiger partial charge is 0.463 e. The molecule has 0 aliphatic carbocycles. The van der Waals surface area contributed by atoms with E-state index in [9.17, 15) is 4.79 Å². The SMILES string of the molecule is CC(=O)O[C@H](C)C[C@H](C/C=C/[Si](C)(C)C)B1OC(C)(C)C(C)(C)O1. The summed E-state index contributed by atoms with van der Waals surface area (Å²) >= 11 is 0. The maximum Gasteiger partial charge on any atom is 0.461 e. The van der Waals surface area contributed by atoms with Gasteiger partial charge in [0.1, 0.15) is 0 Å². The molecule has 1 heterocycles. The molecular weight excluding hydrogens is 319 g/mol. The number of carbonyl (C=O) groups is 1. The molecule has 0 aromatic rings. The van der Waals surface area contributed by atoms with Crippen LogP contribution in [0, 0.1) is 0 Å². The number of ether oxygens (including phenoxy) is 1. The van der Waals surface area contributed by atoms with Crippen LogP contribution in [0.2, 0.25) is 25.5 Å². The molecule has 1 rings (SSSR count). The van der Waals surface area contributed by atoms with Crippen molar-refractivity contribution >= 4 is 21.2 Å². The van der Waals surface area contributed by atoms with Crippen molar-refractivity contribution in [3.05, 3.63) is 11.8 Å². The lowest BCUT2D eigenvalue weighted by atomic mass is 9.67. The summed E-state index contributed by atoms with van der Waals surface area (Å²) < 4.78 is 17.8. The van der Waals surface area contributed by atoms with Crippen molar-refractivity contribution in [1.29, 1.82) is 0 Å². The van der Waals surface area contributed by atoms with Gasteiger partial charge >= 0.3 is 13.1 Å². The molecule has 1 aliphatic heterocycles. The van der Waals surface area contributed by atoms with Gasteiger partial charge in [-0.05, 0) is 47.5 Å². The maximum absolute atomic E-state index is 11.2. The van der Waals surface area contributed by atoms with E-state index in [1.807, 2.05) is 6.92 Å². The van der Waals surface area contributed by atoms with Gasteiger partial charge in [-0.3, -0.25) is 4.79 Å². The average Bonchev–Trinajstić information content (AvgIpc) is 2.54. The summed E-state index contributed by atoms with van der Waals surface area (Å²) in [6.45, 7) is 18.6. The molecule has 1 fully saturated rings. The smallest absolute Gasteiger partial charge is 0.461 e. The maximum atomic E-state index is 11.2. The first-order valence-corrected chi connectivity index (χ1v) is 12.5. The van der Waals surface area contributed by atoms with E-state index >= 15 is 0 Å². The Labute approximate surface area is 149 Å². The minimum Gasteiger partial charge on any atom is -0.463 e. The molecule has 0 amide bonds. The molecule has 138 valence electrons. The number of carbonyl (C=O) groups excluding carboxylic acids is 1. The number of rotatable bonds is 7. The van der Waals surface area contributed by atoms with Crippen molar-refractivity contribution in [2.75, 3.05) is 0 Å². The lowest BCUT2D eigenvalue weighted by Crippen LogP contribution is -2.41. The van der Waals surface area contributed by atoms with E-state index in [1.165, 1.54) is 6.92 Å². The van der Waals surface area contributed by atoms with Crippen molar-refractivity contribution < 1.29 is 18.8 Å². The van der Waals surface area contributed by atoms with Crippen molar-refractivity contribution in [3.8, 4) is 0 Å². The Morgan fingerprint density at radius 3 is 2.08 bits per heavy atom. The third-order valence-corrected chi connectivity index (χ3v) is 5.95. The summed E-state index contributed by atoms with van der Waals surface area (Å²) in [5.41, 5.74) is 1.66. The van der Waals surface area contributed by atoms with Gasteiger partial charge < -0.3 is 14.0 Å². The van der Waals surface area contributed by atoms with Crippen LogP contribution in [0.15, 0.2) is 11.8 Å². The normalized spacial score (nSPS) is 22.6. The van der Waals surface area contributed by atoms with Gasteiger partial charge in [-0.2, -0.15) is 0 Å². The van der Waals surface area contributed by atoms with Crippen molar-refractivity contribution in [3.63, 3.8) is 0 Å². The minimum absolute atomic E-state index is 0.146. The van der Waals surface area contributed by atoms with Gasteiger partial charge in [0.15, 0.2) is 0 Å². The molecule has 0 bridgehead atoms. The zero-order chi connectivity index (χ0) is 18.8. The van der Waals surface area contributed by atoms with E-state index in [0.29, 0.717) is 0 Å². The number of hydrogen-bond donors (Lipinski definition) is 0. The number of allylic oxidation sites excluding steroid dienone is 1. The number of esters is 1. The molecule has 0 radical (unpaired) electrons. The van der Waals surface area contributed by atoms with Crippen molar-refractivity contribution in [1.82, 2.24) is 0 Å². The Balaban J connectivity index is 2.85. The third-order valence-electron chi connectivity index (χ3n) is 4.71. The van der Waals surface area contributed by atoms with Gasteiger partial charge in [0.2, 0.25) is 0 Å². The van der Waals surface area contributed by atoms with Crippen LogP contribution in [-0.4, -0.2) is 38.5 Å². The number of hydrogen-bond acceptors (Lipinski definition) is 4. The predicted molar refractivity (Wildman–Crippen MR) is 103 cm³/mol. The molecule has 1 saturated heterocycles. The van der Waals surface area contributed by atoms with Gasteiger partial charge in [0.25, 0.3) is 0 Å². The van der Waals surface area contributed by atoms with Crippen LogP contribution < -0.4 is 0 Å². The van der Waals surface area contributed by atoms with Gasteiger partial charge in [-0.1, -0.05) is 31.4 Å². The molecular formula is C18H35BO4Si. The average molecular weight is 354 g/mol. The van der Waals surface area contributed by atoms with Crippen LogP contribution >= 0.6 is 0 Å². The fourth-order valence-corrected chi connectivity index (χ4v) is 3.60. The van der Waals surface area contributed by atoms with Crippen LogP contribution in [0.1, 0.15) is 54.4 Å².